The molecule has 2 fully saturated rings. The molecule has 1 N–H and O–H groups in total. The summed E-state index contributed by atoms with van der Waals surface area (Å²) in [5.74, 6) is -0.0779. The second-order valence-corrected chi connectivity index (χ2v) is 9.54. The third-order valence-corrected chi connectivity index (χ3v) is 7.32. The number of aliphatic hydroxyl groups excluding tert-OH is 1. The predicted molar refractivity (Wildman–Crippen MR) is 107 cm³/mol. The molecule has 2 heterocycles. The first-order chi connectivity index (χ1) is 13.4. The Balaban J connectivity index is 1.61. The molecular formula is C20H24N2O5S. The first-order valence-electron chi connectivity index (χ1n) is 9.52. The van der Waals surface area contributed by atoms with Crippen LogP contribution in [-0.2, 0) is 11.8 Å². The molecule has 28 heavy (non-hydrogen) atoms. The van der Waals surface area contributed by atoms with Crippen molar-refractivity contribution in [2.24, 2.45) is 7.05 Å². The normalized spacial score (nSPS) is 18.7. The van der Waals surface area contributed by atoms with Crippen molar-refractivity contribution in [1.82, 2.24) is 9.55 Å². The molecule has 0 bridgehead atoms. The number of carbonyl (C=O) groups excluding carboxylic acids is 1. The van der Waals surface area contributed by atoms with Gasteiger partial charge in [-0.2, -0.15) is 0 Å². The number of aliphatic hydroxyl groups is 1. The van der Waals surface area contributed by atoms with Crippen molar-refractivity contribution in [3.63, 3.8) is 0 Å². The highest BCUT2D eigenvalue weighted by Gasteiger charge is 2.55. The number of hydrogen-bond donors (Lipinski definition) is 1. The summed E-state index contributed by atoms with van der Waals surface area (Å²) in [6.45, 7) is 2.63. The van der Waals surface area contributed by atoms with Crippen LogP contribution in [-0.4, -0.2) is 49.9 Å². The Hall–Kier alpha value is -2.06. The van der Waals surface area contributed by atoms with Crippen LogP contribution in [0.2, 0.25) is 0 Å². The monoisotopic (exact) mass is 404 g/mol. The maximum absolute atomic E-state index is 12.6. The van der Waals surface area contributed by atoms with Gasteiger partial charge < -0.3 is 19.1 Å². The fourth-order valence-corrected chi connectivity index (χ4v) is 5.08. The molecule has 150 valence electrons. The van der Waals surface area contributed by atoms with E-state index in [9.17, 15) is 14.7 Å². The highest BCUT2D eigenvalue weighted by molar-refractivity contribution is 8.02. The highest BCUT2D eigenvalue weighted by atomic mass is 32.2. The van der Waals surface area contributed by atoms with E-state index >= 15 is 0 Å². The number of carbonyl (C=O) groups is 1. The van der Waals surface area contributed by atoms with E-state index in [0.717, 1.165) is 25.7 Å². The lowest BCUT2D eigenvalue weighted by Gasteiger charge is -2.22. The molecule has 2 aromatic heterocycles. The molecule has 0 aromatic carbocycles. The van der Waals surface area contributed by atoms with Gasteiger partial charge in [-0.25, -0.2) is 4.79 Å². The number of ether oxygens (including phenoxy) is 2. The van der Waals surface area contributed by atoms with Crippen LogP contribution in [0.4, 0.5) is 0 Å². The zero-order valence-corrected chi connectivity index (χ0v) is 16.9. The van der Waals surface area contributed by atoms with E-state index < -0.39 is 11.5 Å². The fraction of sp³-hybridized carbons (Fsp3) is 0.550. The van der Waals surface area contributed by atoms with E-state index in [2.05, 4.69) is 4.98 Å². The zero-order chi connectivity index (χ0) is 19.9. The van der Waals surface area contributed by atoms with Gasteiger partial charge in [0.05, 0.1) is 23.5 Å². The molecule has 0 unspecified atom stereocenters. The Morgan fingerprint density at radius 3 is 2.64 bits per heavy atom. The average molecular weight is 404 g/mol. The van der Waals surface area contributed by atoms with Gasteiger partial charge >= 0.3 is 5.97 Å². The summed E-state index contributed by atoms with van der Waals surface area (Å²) in [4.78, 5) is 29.0. The number of rotatable bonds is 8. The van der Waals surface area contributed by atoms with Crippen molar-refractivity contribution in [2.75, 3.05) is 19.8 Å². The maximum atomic E-state index is 12.6. The summed E-state index contributed by atoms with van der Waals surface area (Å²) in [6.07, 6.45) is 5.85. The Morgan fingerprint density at radius 1 is 1.32 bits per heavy atom. The molecule has 2 aliphatic carbocycles. The Kier molecular flexibility index (Phi) is 4.87. The summed E-state index contributed by atoms with van der Waals surface area (Å²) in [5.41, 5.74) is 0.602. The number of pyridine rings is 2. The molecule has 7 nitrogen and oxygen atoms in total. The van der Waals surface area contributed by atoms with E-state index in [4.69, 9.17) is 9.47 Å². The molecule has 2 aliphatic rings. The number of nitrogens with zero attached hydrogens (tertiary/aromatic N) is 2. The molecule has 0 radical (unpaired) electrons. The first-order valence-corrected chi connectivity index (χ1v) is 10.3. The van der Waals surface area contributed by atoms with Crippen LogP contribution >= 0.6 is 11.8 Å². The molecule has 0 amide bonds. The third-order valence-electron chi connectivity index (χ3n) is 5.39. The van der Waals surface area contributed by atoms with Crippen molar-refractivity contribution in [2.45, 2.75) is 42.1 Å². The van der Waals surface area contributed by atoms with Gasteiger partial charge in [-0.15, -0.1) is 11.8 Å². The van der Waals surface area contributed by atoms with Crippen LogP contribution in [0.15, 0.2) is 23.1 Å². The van der Waals surface area contributed by atoms with Crippen molar-refractivity contribution < 1.29 is 19.4 Å². The first kappa shape index (κ1) is 19.3. The lowest BCUT2D eigenvalue weighted by atomic mass is 10.2. The largest absolute Gasteiger partial charge is 0.490 e. The number of hydrogen-bond acceptors (Lipinski definition) is 7. The summed E-state index contributed by atoms with van der Waals surface area (Å²) < 4.78 is 12.6. The van der Waals surface area contributed by atoms with E-state index in [1.54, 1.807) is 26.2 Å². The van der Waals surface area contributed by atoms with E-state index in [0.29, 0.717) is 23.4 Å². The Labute approximate surface area is 167 Å². The standard InChI is InChI=1S/C20H24N2O5S/c1-3-26-18(25)13-10-14-16(22(2)17(13)24)15(4-9-21-14)27-12-20(7-8-20)28-19(11-23)5-6-19/h4,9-10,23H,3,5-8,11-12H2,1-2H3. The molecular weight excluding hydrogens is 380 g/mol. The number of esters is 1. The van der Waals surface area contributed by atoms with Gasteiger partial charge in [0.1, 0.15) is 23.4 Å². The average Bonchev–Trinajstić information content (AvgIpc) is 3.62. The van der Waals surface area contributed by atoms with Crippen LogP contribution in [0, 0.1) is 0 Å². The second kappa shape index (κ2) is 7.08. The SMILES string of the molecule is CCOC(=O)c1cc2nccc(OCC3(SC4(CO)CC4)CC3)c2n(C)c1=O. The van der Waals surface area contributed by atoms with Crippen molar-refractivity contribution in [3.05, 3.63) is 34.2 Å². The predicted octanol–water partition coefficient (Wildman–Crippen LogP) is 2.28. The molecule has 2 saturated carbocycles. The minimum atomic E-state index is -0.648. The van der Waals surface area contributed by atoms with Gasteiger partial charge in [0.15, 0.2) is 0 Å². The van der Waals surface area contributed by atoms with E-state index in [-0.39, 0.29) is 28.3 Å². The molecule has 4 rings (SSSR count). The number of aromatic nitrogens is 2. The molecule has 0 saturated heterocycles. The van der Waals surface area contributed by atoms with Gasteiger partial charge in [-0.1, -0.05) is 0 Å². The summed E-state index contributed by atoms with van der Waals surface area (Å²) in [7, 11) is 1.61. The lowest BCUT2D eigenvalue weighted by molar-refractivity contribution is 0.0524. The van der Waals surface area contributed by atoms with Gasteiger partial charge in [-0.05, 0) is 38.7 Å². The maximum Gasteiger partial charge on any atom is 0.343 e. The molecule has 0 spiro atoms. The topological polar surface area (TPSA) is 90.7 Å². The van der Waals surface area contributed by atoms with Crippen LogP contribution < -0.4 is 10.3 Å². The summed E-state index contributed by atoms with van der Waals surface area (Å²) in [6, 6.07) is 3.21. The van der Waals surface area contributed by atoms with E-state index in [1.807, 2.05) is 11.8 Å². The van der Waals surface area contributed by atoms with E-state index in [1.165, 1.54) is 10.6 Å². The minimum Gasteiger partial charge on any atom is -0.490 e. The van der Waals surface area contributed by atoms with Crippen molar-refractivity contribution in [1.29, 1.82) is 0 Å². The van der Waals surface area contributed by atoms with Crippen LogP contribution in [0.5, 0.6) is 5.75 Å². The fourth-order valence-electron chi connectivity index (χ4n) is 3.36. The molecule has 0 aliphatic heterocycles. The Morgan fingerprint density at radius 2 is 2.04 bits per heavy atom. The smallest absolute Gasteiger partial charge is 0.343 e. The number of aryl methyl sites for hydroxylation is 1. The third kappa shape index (κ3) is 3.51. The van der Waals surface area contributed by atoms with Gasteiger partial charge in [0.2, 0.25) is 0 Å². The van der Waals surface area contributed by atoms with Gasteiger partial charge in [0, 0.05) is 24.1 Å². The van der Waals surface area contributed by atoms with Crippen molar-refractivity contribution >= 4 is 28.8 Å². The second-order valence-electron chi connectivity index (χ2n) is 7.60. The number of thioether (sulfide) groups is 1. The molecule has 2 aromatic rings. The summed E-state index contributed by atoms with van der Waals surface area (Å²) in [5, 5.41) is 9.60. The van der Waals surface area contributed by atoms with Gasteiger partial charge in [0.25, 0.3) is 5.56 Å². The van der Waals surface area contributed by atoms with Crippen LogP contribution in [0.3, 0.4) is 0 Å². The van der Waals surface area contributed by atoms with Crippen LogP contribution in [0.1, 0.15) is 43.0 Å². The molecule has 0 atom stereocenters. The quantitative estimate of drug-likeness (QED) is 0.675. The van der Waals surface area contributed by atoms with Crippen LogP contribution in [0.25, 0.3) is 11.0 Å². The molecule has 8 heteroatoms. The lowest BCUT2D eigenvalue weighted by Crippen LogP contribution is -2.27. The van der Waals surface area contributed by atoms with Gasteiger partial charge in [-0.3, -0.25) is 9.78 Å². The highest BCUT2D eigenvalue weighted by Crippen LogP contribution is 2.61. The zero-order valence-electron chi connectivity index (χ0n) is 16.1. The van der Waals surface area contributed by atoms with Crippen molar-refractivity contribution in [3.8, 4) is 5.75 Å². The summed E-state index contributed by atoms with van der Waals surface area (Å²) >= 11 is 1.85. The number of fused-ring (bicyclic) bond motifs is 1. The Bertz CT molecular complexity index is 978. The minimum absolute atomic E-state index is 0.0154.